The molecule has 2 saturated heterocycles. The van der Waals surface area contributed by atoms with Crippen LogP contribution < -0.4 is 16.4 Å². The molecule has 58 heavy (non-hydrogen) atoms. The van der Waals surface area contributed by atoms with Crippen molar-refractivity contribution in [3.05, 3.63) is 0 Å². The summed E-state index contributed by atoms with van der Waals surface area (Å²) in [4.78, 5) is 102. The first kappa shape index (κ1) is 64.8. The van der Waals surface area contributed by atoms with Gasteiger partial charge in [0.15, 0.2) is 0 Å². The summed E-state index contributed by atoms with van der Waals surface area (Å²) in [6, 6.07) is 2.96. The Hall–Kier alpha value is -5.13. The Morgan fingerprint density at radius 2 is 1.21 bits per heavy atom. The highest BCUT2D eigenvalue weighted by molar-refractivity contribution is 7.45. The summed E-state index contributed by atoms with van der Waals surface area (Å²) in [5.74, 6) is -3.75. The zero-order valence-electron chi connectivity index (χ0n) is 36.1. The number of aliphatic carboxylic acids is 1. The molecular weight excluding hydrogens is 787 g/mol. The highest BCUT2D eigenvalue weighted by Crippen LogP contribution is 2.11. The van der Waals surface area contributed by atoms with Gasteiger partial charge in [-0.3, -0.25) is 38.8 Å². The molecule has 0 radical (unpaired) electrons. The summed E-state index contributed by atoms with van der Waals surface area (Å²) in [6.07, 6.45) is 2.59. The smallest absolute Gasteiger partial charge is 0.330 e. The number of carbonyl (C=O) groups is 8. The number of hydroxylamine groups is 4. The van der Waals surface area contributed by atoms with Crippen molar-refractivity contribution in [2.24, 2.45) is 20.7 Å². The third-order valence-electron chi connectivity index (χ3n) is 5.36. The molecule has 0 atom stereocenters. The van der Waals surface area contributed by atoms with Crippen LogP contribution in [0.2, 0.25) is 0 Å². The largest absolute Gasteiger partial charge is 0.481 e. The van der Waals surface area contributed by atoms with Crippen LogP contribution in [-0.2, 0) is 60.4 Å². The van der Waals surface area contributed by atoms with Gasteiger partial charge in [-0.05, 0) is 75.0 Å². The first-order chi connectivity index (χ1) is 27.2. The lowest BCUT2D eigenvalue weighted by atomic mass is 10.4. The lowest BCUT2D eigenvalue weighted by Gasteiger charge is -2.09. The van der Waals surface area contributed by atoms with E-state index in [0.717, 1.165) is 52.9 Å². The molecule has 2 aliphatic heterocycles. The zero-order chi connectivity index (χ0) is 46.6. The maximum Gasteiger partial charge on any atom is 0.330 e. The molecule has 24 heteroatoms. The van der Waals surface area contributed by atoms with E-state index in [9.17, 15) is 33.6 Å². The van der Waals surface area contributed by atoms with Crippen LogP contribution in [0.1, 0.15) is 80.1 Å². The van der Waals surface area contributed by atoms with Crippen LogP contribution in [0, 0.1) is 4.78 Å². The molecule has 0 aromatic carbocycles. The van der Waals surface area contributed by atoms with Crippen molar-refractivity contribution in [1.82, 2.24) is 30.6 Å². The van der Waals surface area contributed by atoms with Crippen LogP contribution in [0.25, 0.3) is 0 Å². The molecule has 0 aliphatic carbocycles. The van der Waals surface area contributed by atoms with Gasteiger partial charge in [0.1, 0.15) is 0 Å². The van der Waals surface area contributed by atoms with E-state index >= 15 is 0 Å². The number of carbonyl (C=O) groups excluding carboxylic acids is 7. The van der Waals surface area contributed by atoms with Gasteiger partial charge < -0.3 is 40.8 Å². The maximum atomic E-state index is 10.7. The molecule has 0 aromatic rings. The molecule has 2 aliphatic rings. The normalized spacial score (nSPS) is 12.1. The molecule has 2 fully saturated rings. The minimum atomic E-state index is -0.833. The molecule has 0 unspecified atom stereocenters. The molecular formula is C34H67N11O12S. The number of hydrogen-bond acceptors (Lipinski definition) is 19. The van der Waals surface area contributed by atoms with Gasteiger partial charge in [0.2, 0.25) is 5.91 Å². The number of amides is 5. The number of nitrogens with one attached hydrogen (secondary N) is 3. The SMILES string of the molecule is CC(=O)O.CC(=O)ON1C(=O)CCC1=O.CCN=C=NCCCN(C)C.CCNC(=NCCCN(C)C)OC(C)=O.CN.CNC(C)=O.N=S.O=C1CCC(=O)N1O. The van der Waals surface area contributed by atoms with E-state index in [-0.39, 0.29) is 42.6 Å². The van der Waals surface area contributed by atoms with E-state index in [1.54, 1.807) is 7.05 Å². The number of carboxylic acid groups (broad SMARTS) is 1. The molecule has 2 heterocycles. The van der Waals surface area contributed by atoms with Gasteiger partial charge in [-0.1, -0.05) is 0 Å². The van der Waals surface area contributed by atoms with Gasteiger partial charge in [-0.2, -0.15) is 5.06 Å². The van der Waals surface area contributed by atoms with E-state index < -0.39 is 35.6 Å². The minimum Gasteiger partial charge on any atom is -0.481 e. The summed E-state index contributed by atoms with van der Waals surface area (Å²) in [5.41, 5.74) is 4.50. The molecule has 0 saturated carbocycles. The van der Waals surface area contributed by atoms with Gasteiger partial charge in [-0.25, -0.2) is 24.6 Å². The van der Waals surface area contributed by atoms with Gasteiger partial charge >= 0.3 is 11.9 Å². The monoisotopic (exact) mass is 853 g/mol. The van der Waals surface area contributed by atoms with Crippen molar-refractivity contribution in [3.63, 3.8) is 0 Å². The Balaban J connectivity index is -0.000000143. The first-order valence-corrected chi connectivity index (χ1v) is 18.2. The number of nitrogens with two attached hydrogens (primary N) is 1. The molecule has 0 spiro atoms. The van der Waals surface area contributed by atoms with E-state index in [2.05, 4.69) is 78.5 Å². The summed E-state index contributed by atoms with van der Waals surface area (Å²) in [7, 11) is 11.2. The van der Waals surface area contributed by atoms with Gasteiger partial charge in [-0.15, -0.1) is 5.06 Å². The van der Waals surface area contributed by atoms with Gasteiger partial charge in [0.05, 0.1) is 12.6 Å². The van der Waals surface area contributed by atoms with Crippen LogP contribution in [0.3, 0.4) is 0 Å². The fourth-order valence-electron chi connectivity index (χ4n) is 2.97. The van der Waals surface area contributed by atoms with Crippen LogP contribution in [-0.4, -0.2) is 171 Å². The summed E-state index contributed by atoms with van der Waals surface area (Å²) >= 11 is 3.33. The van der Waals surface area contributed by atoms with Crippen molar-refractivity contribution in [3.8, 4) is 0 Å². The number of hydrogen-bond donors (Lipinski definition) is 6. The van der Waals surface area contributed by atoms with E-state index in [1.165, 1.54) is 20.9 Å². The predicted octanol–water partition coefficient (Wildman–Crippen LogP) is 0.450. The average Bonchev–Trinajstić information content (AvgIpc) is 3.63. The lowest BCUT2D eigenvalue weighted by Crippen LogP contribution is -2.30. The topological polar surface area (TPSA) is 319 Å². The summed E-state index contributed by atoms with van der Waals surface area (Å²) in [5, 5.41) is 21.8. The third kappa shape index (κ3) is 53.0. The highest BCUT2D eigenvalue weighted by Gasteiger charge is 2.31. The second-order valence-electron chi connectivity index (χ2n) is 11.2. The second-order valence-corrected chi connectivity index (χ2v) is 11.2. The lowest BCUT2D eigenvalue weighted by molar-refractivity contribution is -0.195. The Morgan fingerprint density at radius 3 is 1.50 bits per heavy atom. The summed E-state index contributed by atoms with van der Waals surface area (Å²) in [6.45, 7) is 14.0. The Kier molecular flexibility index (Phi) is 51.6. The fourth-order valence-corrected chi connectivity index (χ4v) is 2.97. The molecule has 7 N–H and O–H groups in total. The van der Waals surface area contributed by atoms with Crippen LogP contribution in [0.15, 0.2) is 15.0 Å². The predicted molar refractivity (Wildman–Crippen MR) is 218 cm³/mol. The fraction of sp³-hybridized carbons (Fsp3) is 0.706. The average molecular weight is 854 g/mol. The van der Waals surface area contributed by atoms with Gasteiger partial charge in [0.25, 0.3) is 35.6 Å². The Bertz CT molecular complexity index is 1240. The molecule has 23 nitrogen and oxygen atoms in total. The van der Waals surface area contributed by atoms with Gasteiger partial charge in [0, 0.05) is 92.5 Å². The van der Waals surface area contributed by atoms with E-state index in [0.29, 0.717) is 24.2 Å². The zero-order valence-corrected chi connectivity index (χ0v) is 36.9. The minimum absolute atomic E-state index is 0.00463. The van der Waals surface area contributed by atoms with Crippen molar-refractivity contribution in [1.29, 1.82) is 4.78 Å². The van der Waals surface area contributed by atoms with E-state index in [1.807, 2.05) is 27.9 Å². The third-order valence-corrected chi connectivity index (χ3v) is 5.36. The molecule has 336 valence electrons. The van der Waals surface area contributed by atoms with E-state index in [4.69, 9.17) is 24.6 Å². The van der Waals surface area contributed by atoms with Crippen LogP contribution >= 0.6 is 0 Å². The highest BCUT2D eigenvalue weighted by atomic mass is 32.1. The number of carboxylic acids is 1. The number of ether oxygens (including phenoxy) is 1. The van der Waals surface area contributed by atoms with Crippen molar-refractivity contribution in [2.45, 2.75) is 80.1 Å². The number of amidine groups is 1. The molecule has 0 bridgehead atoms. The maximum absolute atomic E-state index is 10.7. The molecule has 2 rings (SSSR count). The number of aliphatic imine (C=N–C) groups is 3. The van der Waals surface area contributed by atoms with Crippen LogP contribution in [0.5, 0.6) is 0 Å². The Labute approximate surface area is 347 Å². The number of imide groups is 2. The first-order valence-electron chi connectivity index (χ1n) is 17.8. The number of esters is 1. The second kappa shape index (κ2) is 46.3. The Morgan fingerprint density at radius 1 is 0.810 bits per heavy atom. The molecule has 0 aromatic heterocycles. The quantitative estimate of drug-likeness (QED) is 0.0410. The number of nitrogens with zero attached hydrogens (tertiary/aromatic N) is 7. The van der Waals surface area contributed by atoms with Crippen molar-refractivity contribution >= 4 is 71.9 Å². The van der Waals surface area contributed by atoms with Crippen molar-refractivity contribution in [2.75, 3.05) is 81.6 Å². The van der Waals surface area contributed by atoms with Crippen LogP contribution in [0.4, 0.5) is 0 Å². The number of rotatable bonds is 11. The molecule has 5 amide bonds. The summed E-state index contributed by atoms with van der Waals surface area (Å²) < 4.78 is 10.2. The van der Waals surface area contributed by atoms with Crippen molar-refractivity contribution < 1.29 is 58.2 Å². The standard InChI is InChI=1S/C10H21N3O2.C8H17N3.C6H7NO4.C4H5NO3.C3H7NO.C2H4O2.CH5N.HNS/c1-5-11-10(15-9(2)14)12-7-6-8-13(3)4;1-4-9-8-10-6-5-7-11(2)3;1-4(8)11-7-5(9)2-3-6(7)10;6-3-1-2-4(7)5(3)8;1-3(5)4-2;1-2(3)4;2*1-2/h5-8H2,1-4H3,(H,11,12);4-7H2,1-3H3;2-3H2,1H3;8H,1-2H2;1-2H3,(H,4,5);1H3,(H,3,4);2H2,1H3;1H.